The van der Waals surface area contributed by atoms with Gasteiger partial charge < -0.3 is 19.9 Å². The van der Waals surface area contributed by atoms with Gasteiger partial charge in [0.2, 0.25) is 0 Å². The Kier molecular flexibility index (Phi) is 8.02. The fraction of sp³-hybridized carbons (Fsp3) is 0.478. The van der Waals surface area contributed by atoms with Crippen molar-refractivity contribution in [3.05, 3.63) is 59.7 Å². The van der Waals surface area contributed by atoms with Gasteiger partial charge in [-0.3, -0.25) is 4.98 Å². The van der Waals surface area contributed by atoms with E-state index in [1.165, 1.54) is 12.3 Å². The number of likely N-dealkylation sites (tertiary alicyclic amines) is 1. The first-order valence-corrected chi connectivity index (χ1v) is 10.6. The lowest BCUT2D eigenvalue weighted by Crippen LogP contribution is -2.49. The smallest absolute Gasteiger partial charge is 0.318 e. The number of piperidine rings is 1. The van der Waals surface area contributed by atoms with Crippen LogP contribution in [0.1, 0.15) is 37.4 Å². The van der Waals surface area contributed by atoms with Crippen LogP contribution in [0.2, 0.25) is 0 Å². The molecule has 3 rings (SSSR count). The molecule has 1 aliphatic rings. The highest BCUT2D eigenvalue weighted by molar-refractivity contribution is 5.74. The number of rotatable bonds is 8. The molecular weight excluding hydrogens is 383 g/mol. The van der Waals surface area contributed by atoms with Gasteiger partial charge in [-0.05, 0) is 69.2 Å². The number of amides is 2. The van der Waals surface area contributed by atoms with Gasteiger partial charge in [0.05, 0.1) is 25.0 Å². The van der Waals surface area contributed by atoms with Gasteiger partial charge in [0, 0.05) is 12.6 Å². The lowest BCUT2D eigenvalue weighted by atomic mass is 10.0. The molecule has 0 aliphatic carbocycles. The zero-order valence-electron chi connectivity index (χ0n) is 17.8. The monoisotopic (exact) mass is 414 g/mol. The Morgan fingerprint density at radius 1 is 1.23 bits per heavy atom. The van der Waals surface area contributed by atoms with E-state index in [0.717, 1.165) is 43.7 Å². The molecule has 2 amide bonds. The molecule has 1 aromatic heterocycles. The van der Waals surface area contributed by atoms with Gasteiger partial charge in [0.1, 0.15) is 11.6 Å². The molecule has 1 aromatic carbocycles. The van der Waals surface area contributed by atoms with Crippen LogP contribution in [-0.2, 0) is 13.1 Å². The predicted molar refractivity (Wildman–Crippen MR) is 115 cm³/mol. The fourth-order valence-corrected chi connectivity index (χ4v) is 3.55. The van der Waals surface area contributed by atoms with Crippen molar-refractivity contribution in [1.29, 1.82) is 0 Å². The van der Waals surface area contributed by atoms with Gasteiger partial charge in [-0.15, -0.1) is 0 Å². The Labute approximate surface area is 178 Å². The van der Waals surface area contributed by atoms with Crippen molar-refractivity contribution in [2.75, 3.05) is 26.7 Å². The highest BCUT2D eigenvalue weighted by Crippen LogP contribution is 2.19. The summed E-state index contributed by atoms with van der Waals surface area (Å²) >= 11 is 0. The van der Waals surface area contributed by atoms with Crippen LogP contribution in [0, 0.1) is 5.82 Å². The van der Waals surface area contributed by atoms with E-state index in [2.05, 4.69) is 29.2 Å². The number of ether oxygens (including phenoxy) is 1. The molecule has 162 valence electrons. The lowest BCUT2D eigenvalue weighted by molar-refractivity contribution is 0.126. The summed E-state index contributed by atoms with van der Waals surface area (Å²) in [6, 6.07) is 10.8. The highest BCUT2D eigenvalue weighted by Gasteiger charge is 2.27. The highest BCUT2D eigenvalue weighted by atomic mass is 19.1. The molecule has 1 N–H and O–H groups in total. The molecule has 0 bridgehead atoms. The van der Waals surface area contributed by atoms with E-state index in [9.17, 15) is 9.18 Å². The van der Waals surface area contributed by atoms with Crippen molar-refractivity contribution < 1.29 is 13.9 Å². The predicted octanol–water partition coefficient (Wildman–Crippen LogP) is 3.82. The number of hydrogen-bond donors (Lipinski definition) is 1. The van der Waals surface area contributed by atoms with Crippen LogP contribution >= 0.6 is 0 Å². The minimum atomic E-state index is -0.375. The van der Waals surface area contributed by atoms with Crippen LogP contribution < -0.4 is 10.1 Å². The van der Waals surface area contributed by atoms with Gasteiger partial charge in [-0.2, -0.15) is 0 Å². The van der Waals surface area contributed by atoms with Crippen LogP contribution in [0.3, 0.4) is 0 Å². The summed E-state index contributed by atoms with van der Waals surface area (Å²) in [5, 5.41) is 3.03. The zero-order valence-corrected chi connectivity index (χ0v) is 17.8. The molecule has 0 spiro atoms. The second-order valence-electron chi connectivity index (χ2n) is 7.78. The number of carbonyl (C=O) groups is 1. The molecular formula is C23H31FN4O2. The molecule has 1 fully saturated rings. The Hall–Kier alpha value is -2.67. The van der Waals surface area contributed by atoms with Crippen molar-refractivity contribution in [2.24, 2.45) is 0 Å². The fourth-order valence-electron chi connectivity index (χ4n) is 3.55. The Bertz CT molecular complexity index is 790. The maximum Gasteiger partial charge on any atom is 0.318 e. The SMILES string of the molecule is CCCOc1ccc(CNC(=O)N(Cc2ccc(F)cn2)C2CCN(C)CC2)cc1. The van der Waals surface area contributed by atoms with Crippen LogP contribution in [0.4, 0.5) is 9.18 Å². The quantitative estimate of drug-likeness (QED) is 0.714. The Morgan fingerprint density at radius 2 is 1.97 bits per heavy atom. The third-order valence-corrected chi connectivity index (χ3v) is 5.35. The maximum atomic E-state index is 13.2. The van der Waals surface area contributed by atoms with E-state index in [4.69, 9.17) is 4.74 Å². The first kappa shape index (κ1) is 22.0. The first-order chi connectivity index (χ1) is 14.5. The largest absolute Gasteiger partial charge is 0.494 e. The third kappa shape index (κ3) is 6.42. The van der Waals surface area contributed by atoms with Gasteiger partial charge in [0.25, 0.3) is 0 Å². The van der Waals surface area contributed by atoms with E-state index < -0.39 is 0 Å². The maximum absolute atomic E-state index is 13.2. The summed E-state index contributed by atoms with van der Waals surface area (Å²) in [6.07, 6.45) is 3.99. The number of carbonyl (C=O) groups excluding carboxylic acids is 1. The summed E-state index contributed by atoms with van der Waals surface area (Å²) in [5.74, 6) is 0.461. The summed E-state index contributed by atoms with van der Waals surface area (Å²) in [6.45, 7) is 5.46. The van der Waals surface area contributed by atoms with Crippen LogP contribution in [-0.4, -0.2) is 53.6 Å². The van der Waals surface area contributed by atoms with Crippen molar-refractivity contribution in [3.63, 3.8) is 0 Å². The Balaban J connectivity index is 1.62. The molecule has 6 nitrogen and oxygen atoms in total. The summed E-state index contributed by atoms with van der Waals surface area (Å²) in [4.78, 5) is 21.3. The third-order valence-electron chi connectivity index (χ3n) is 5.35. The average molecular weight is 415 g/mol. The van der Waals surface area contributed by atoms with E-state index in [-0.39, 0.29) is 17.9 Å². The topological polar surface area (TPSA) is 57.7 Å². The van der Waals surface area contributed by atoms with Crippen LogP contribution in [0.15, 0.2) is 42.6 Å². The molecule has 2 heterocycles. The second kappa shape index (κ2) is 10.9. The normalized spacial score (nSPS) is 15.0. The van der Waals surface area contributed by atoms with Gasteiger partial charge in [-0.25, -0.2) is 9.18 Å². The molecule has 0 atom stereocenters. The van der Waals surface area contributed by atoms with Crippen molar-refractivity contribution in [2.45, 2.75) is 45.3 Å². The van der Waals surface area contributed by atoms with E-state index in [1.807, 2.05) is 29.2 Å². The van der Waals surface area contributed by atoms with Crippen molar-refractivity contribution in [1.82, 2.24) is 20.1 Å². The second-order valence-corrected chi connectivity index (χ2v) is 7.78. The minimum Gasteiger partial charge on any atom is -0.494 e. The number of halogens is 1. The molecule has 0 radical (unpaired) electrons. The summed E-state index contributed by atoms with van der Waals surface area (Å²) in [5.41, 5.74) is 1.69. The van der Waals surface area contributed by atoms with E-state index >= 15 is 0 Å². The molecule has 1 saturated heterocycles. The number of urea groups is 1. The van der Waals surface area contributed by atoms with Crippen LogP contribution in [0.25, 0.3) is 0 Å². The number of nitrogens with zero attached hydrogens (tertiary/aromatic N) is 3. The number of nitrogens with one attached hydrogen (secondary N) is 1. The van der Waals surface area contributed by atoms with Gasteiger partial charge in [0.15, 0.2) is 0 Å². The molecule has 30 heavy (non-hydrogen) atoms. The molecule has 0 saturated carbocycles. The van der Waals surface area contributed by atoms with Crippen molar-refractivity contribution >= 4 is 6.03 Å². The van der Waals surface area contributed by atoms with Gasteiger partial charge >= 0.3 is 6.03 Å². The summed E-state index contributed by atoms with van der Waals surface area (Å²) in [7, 11) is 2.09. The number of hydrogen-bond acceptors (Lipinski definition) is 4. The molecule has 7 heteroatoms. The van der Waals surface area contributed by atoms with Crippen LogP contribution in [0.5, 0.6) is 5.75 Å². The van der Waals surface area contributed by atoms with Crippen molar-refractivity contribution in [3.8, 4) is 5.75 Å². The summed E-state index contributed by atoms with van der Waals surface area (Å²) < 4.78 is 18.8. The number of aromatic nitrogens is 1. The first-order valence-electron chi connectivity index (χ1n) is 10.6. The standard InChI is InChI=1S/C23H31FN4O2/c1-3-14-30-22-8-4-18(5-9-22)15-26-23(29)28(21-10-12-27(2)13-11-21)17-20-7-6-19(24)16-25-20/h4-9,16,21H,3,10-15,17H2,1-2H3,(H,26,29). The number of benzene rings is 1. The lowest BCUT2D eigenvalue weighted by Gasteiger charge is -2.37. The molecule has 2 aromatic rings. The molecule has 0 unspecified atom stereocenters. The minimum absolute atomic E-state index is 0.123. The van der Waals surface area contributed by atoms with E-state index in [0.29, 0.717) is 25.4 Å². The molecule has 1 aliphatic heterocycles. The average Bonchev–Trinajstić information content (AvgIpc) is 2.77. The zero-order chi connectivity index (χ0) is 21.3. The Morgan fingerprint density at radius 3 is 2.60 bits per heavy atom. The number of pyridine rings is 1. The van der Waals surface area contributed by atoms with Gasteiger partial charge in [-0.1, -0.05) is 19.1 Å². The van der Waals surface area contributed by atoms with E-state index in [1.54, 1.807) is 6.07 Å².